The largest absolute Gasteiger partial charge is 0.496 e. The minimum Gasteiger partial charge on any atom is -0.496 e. The van der Waals surface area contributed by atoms with Crippen LogP contribution < -0.4 is 14.5 Å². The van der Waals surface area contributed by atoms with Crippen molar-refractivity contribution in [3.63, 3.8) is 0 Å². The van der Waals surface area contributed by atoms with Gasteiger partial charge < -0.3 is 9.47 Å². The van der Waals surface area contributed by atoms with Crippen LogP contribution in [0, 0.1) is 0 Å². The second kappa shape index (κ2) is 4.18. The van der Waals surface area contributed by atoms with E-state index in [9.17, 15) is 0 Å². The van der Waals surface area contributed by atoms with Crippen LogP contribution in [0.1, 0.15) is 0 Å². The van der Waals surface area contributed by atoms with Gasteiger partial charge in [-0.25, -0.2) is 4.98 Å². The maximum absolute atomic E-state index is 5.39. The number of ether oxygens (including phenoxy) is 2. The van der Waals surface area contributed by atoms with Crippen LogP contribution in [0.3, 0.4) is 0 Å². The van der Waals surface area contributed by atoms with Gasteiger partial charge in [-0.3, -0.25) is 0 Å². The average Bonchev–Trinajstić information content (AvgIpc) is 2.43. The number of pyridine rings is 1. The molecule has 1 N–H and O–H groups in total. The summed E-state index contributed by atoms with van der Waals surface area (Å²) in [5, 5.41) is 2.11. The zero-order valence-corrected chi connectivity index (χ0v) is 10.4. The fraction of sp³-hybridized carbons (Fsp3) is 0.133. The van der Waals surface area contributed by atoms with E-state index in [2.05, 4.69) is 11.1 Å². The second-order valence-corrected chi connectivity index (χ2v) is 4.11. The van der Waals surface area contributed by atoms with Crippen molar-refractivity contribution in [2.45, 2.75) is 0 Å². The van der Waals surface area contributed by atoms with Gasteiger partial charge >= 0.3 is 0 Å². The van der Waals surface area contributed by atoms with Crippen molar-refractivity contribution in [2.75, 3.05) is 14.2 Å². The fourth-order valence-electron chi connectivity index (χ4n) is 2.25. The van der Waals surface area contributed by atoms with Crippen LogP contribution in [-0.2, 0) is 0 Å². The normalized spacial score (nSPS) is 10.8. The number of methoxy groups -OCH3 is 2. The van der Waals surface area contributed by atoms with Gasteiger partial charge in [-0.2, -0.15) is 0 Å². The summed E-state index contributed by atoms with van der Waals surface area (Å²) in [4.78, 5) is 3.40. The number of hydrogen-bond acceptors (Lipinski definition) is 2. The molecule has 0 amide bonds. The average molecular weight is 240 g/mol. The predicted octanol–water partition coefficient (Wildman–Crippen LogP) is 2.82. The molecule has 3 nitrogen and oxygen atoms in total. The molecule has 90 valence electrons. The molecule has 0 bridgehead atoms. The van der Waals surface area contributed by atoms with E-state index in [1.165, 1.54) is 0 Å². The minimum atomic E-state index is 0.858. The van der Waals surface area contributed by atoms with E-state index >= 15 is 0 Å². The van der Waals surface area contributed by atoms with Gasteiger partial charge in [-0.05, 0) is 18.2 Å². The molecule has 0 unspecified atom stereocenters. The zero-order chi connectivity index (χ0) is 12.5. The quantitative estimate of drug-likeness (QED) is 0.645. The Kier molecular flexibility index (Phi) is 2.52. The lowest BCUT2D eigenvalue weighted by Crippen LogP contribution is -2.06. The molecule has 0 radical (unpaired) electrons. The van der Waals surface area contributed by atoms with Gasteiger partial charge in [0.2, 0.25) is 11.0 Å². The van der Waals surface area contributed by atoms with Crippen molar-refractivity contribution in [3.05, 3.63) is 42.5 Å². The number of rotatable bonds is 2. The zero-order valence-electron chi connectivity index (χ0n) is 10.4. The molecule has 3 heteroatoms. The Balaban J connectivity index is 2.44. The van der Waals surface area contributed by atoms with E-state index in [1.807, 2.05) is 36.4 Å². The summed E-state index contributed by atoms with van der Waals surface area (Å²) in [6.45, 7) is 0. The SMILES string of the molecule is COc1cccc2[nH+]c3cccc(OC)c3cc12. The molecule has 0 aliphatic carbocycles. The van der Waals surface area contributed by atoms with Gasteiger partial charge in [0, 0.05) is 12.1 Å². The van der Waals surface area contributed by atoms with E-state index < -0.39 is 0 Å². The Morgan fingerprint density at radius 3 is 1.72 bits per heavy atom. The summed E-state index contributed by atoms with van der Waals surface area (Å²) >= 11 is 0. The van der Waals surface area contributed by atoms with Gasteiger partial charge in [0.05, 0.1) is 25.0 Å². The highest BCUT2D eigenvalue weighted by Gasteiger charge is 2.12. The van der Waals surface area contributed by atoms with Crippen LogP contribution in [-0.4, -0.2) is 14.2 Å². The van der Waals surface area contributed by atoms with Gasteiger partial charge in [0.25, 0.3) is 0 Å². The molecule has 3 rings (SSSR count). The first kappa shape index (κ1) is 10.8. The molecule has 3 aromatic rings. The maximum Gasteiger partial charge on any atom is 0.215 e. The maximum atomic E-state index is 5.39. The molecule has 0 saturated heterocycles. The Hall–Kier alpha value is -2.29. The Morgan fingerprint density at radius 2 is 1.28 bits per heavy atom. The molecule has 2 aromatic carbocycles. The molecule has 1 aromatic heterocycles. The smallest absolute Gasteiger partial charge is 0.215 e. The summed E-state index contributed by atoms with van der Waals surface area (Å²) in [6.07, 6.45) is 0. The summed E-state index contributed by atoms with van der Waals surface area (Å²) in [5.74, 6) is 1.72. The van der Waals surface area contributed by atoms with E-state index in [1.54, 1.807) is 14.2 Å². The lowest BCUT2D eigenvalue weighted by molar-refractivity contribution is -0.310. The number of H-pyrrole nitrogens is 1. The molecular weight excluding hydrogens is 226 g/mol. The van der Waals surface area contributed by atoms with Crippen LogP contribution in [0.4, 0.5) is 0 Å². The van der Waals surface area contributed by atoms with Gasteiger partial charge in [0.15, 0.2) is 0 Å². The molecule has 18 heavy (non-hydrogen) atoms. The number of aromatic nitrogens is 1. The van der Waals surface area contributed by atoms with Gasteiger partial charge in [-0.1, -0.05) is 12.1 Å². The number of nitrogens with one attached hydrogen (secondary N) is 1. The standard InChI is InChI=1S/C15H13NO2/c1-17-14-7-3-5-12-10(14)9-11-13(16-12)6-4-8-15(11)18-2/h3-9H,1-2H3/p+1. The molecule has 0 aliphatic heterocycles. The molecular formula is C15H14NO2+. The van der Waals surface area contributed by atoms with Crippen LogP contribution in [0.15, 0.2) is 42.5 Å². The van der Waals surface area contributed by atoms with E-state index in [0.717, 1.165) is 33.3 Å². The lowest BCUT2D eigenvalue weighted by atomic mass is 10.1. The van der Waals surface area contributed by atoms with Crippen molar-refractivity contribution in [2.24, 2.45) is 0 Å². The van der Waals surface area contributed by atoms with Crippen LogP contribution >= 0.6 is 0 Å². The van der Waals surface area contributed by atoms with Gasteiger partial charge in [0.1, 0.15) is 11.5 Å². The van der Waals surface area contributed by atoms with Crippen molar-refractivity contribution >= 4 is 21.8 Å². The molecule has 0 saturated carbocycles. The predicted molar refractivity (Wildman–Crippen MR) is 71.1 cm³/mol. The summed E-state index contributed by atoms with van der Waals surface area (Å²) in [6, 6.07) is 14.0. The highest BCUT2D eigenvalue weighted by atomic mass is 16.5. The van der Waals surface area contributed by atoms with Crippen LogP contribution in [0.5, 0.6) is 11.5 Å². The summed E-state index contributed by atoms with van der Waals surface area (Å²) in [7, 11) is 3.36. The van der Waals surface area contributed by atoms with E-state index in [-0.39, 0.29) is 0 Å². The van der Waals surface area contributed by atoms with Crippen molar-refractivity contribution < 1.29 is 14.5 Å². The summed E-state index contributed by atoms with van der Waals surface area (Å²) in [5.41, 5.74) is 2.10. The Labute approximate surface area is 105 Å². The van der Waals surface area contributed by atoms with Crippen molar-refractivity contribution in [3.8, 4) is 11.5 Å². The lowest BCUT2D eigenvalue weighted by Gasteiger charge is -2.05. The number of hydrogen-bond donors (Lipinski definition) is 0. The molecule has 0 spiro atoms. The first-order chi connectivity index (χ1) is 8.83. The highest BCUT2D eigenvalue weighted by Crippen LogP contribution is 2.29. The van der Waals surface area contributed by atoms with Crippen LogP contribution in [0.25, 0.3) is 21.8 Å². The Bertz CT molecular complexity index is 663. The topological polar surface area (TPSA) is 32.6 Å². The molecule has 0 aliphatic rings. The van der Waals surface area contributed by atoms with Crippen LogP contribution in [0.2, 0.25) is 0 Å². The third-order valence-electron chi connectivity index (χ3n) is 3.13. The third kappa shape index (κ3) is 1.56. The first-order valence-corrected chi connectivity index (χ1v) is 5.79. The number of benzene rings is 2. The summed E-state index contributed by atoms with van der Waals surface area (Å²) < 4.78 is 10.8. The molecule has 0 atom stereocenters. The fourth-order valence-corrected chi connectivity index (χ4v) is 2.25. The van der Waals surface area contributed by atoms with Crippen molar-refractivity contribution in [1.82, 2.24) is 0 Å². The molecule has 0 fully saturated rings. The van der Waals surface area contributed by atoms with Gasteiger partial charge in [-0.15, -0.1) is 0 Å². The monoisotopic (exact) mass is 240 g/mol. The third-order valence-corrected chi connectivity index (χ3v) is 3.13. The minimum absolute atomic E-state index is 0.858. The highest BCUT2D eigenvalue weighted by molar-refractivity contribution is 5.94. The van der Waals surface area contributed by atoms with Crippen molar-refractivity contribution in [1.29, 1.82) is 0 Å². The second-order valence-electron chi connectivity index (χ2n) is 4.11. The first-order valence-electron chi connectivity index (χ1n) is 5.79. The number of aromatic amines is 1. The Morgan fingerprint density at radius 1 is 0.778 bits per heavy atom. The number of fused-ring (bicyclic) bond motifs is 2. The molecule has 1 heterocycles. The van der Waals surface area contributed by atoms with E-state index in [0.29, 0.717) is 0 Å². The van der Waals surface area contributed by atoms with E-state index in [4.69, 9.17) is 9.47 Å².